The molecule has 2 atom stereocenters. The van der Waals surface area contributed by atoms with Crippen molar-refractivity contribution >= 4 is 6.08 Å². The molecule has 4 heteroatoms. The highest BCUT2D eigenvalue weighted by molar-refractivity contribution is 5.55. The van der Waals surface area contributed by atoms with E-state index in [1.165, 1.54) is 11.1 Å². The van der Waals surface area contributed by atoms with Gasteiger partial charge in [0.2, 0.25) is 0 Å². The van der Waals surface area contributed by atoms with Crippen molar-refractivity contribution in [3.63, 3.8) is 0 Å². The normalized spacial score (nSPS) is 18.8. The summed E-state index contributed by atoms with van der Waals surface area (Å²) in [5.74, 6) is 1.52. The monoisotopic (exact) mass is 443 g/mol. The number of ether oxygens (including phenoxy) is 3. The Bertz CT molecular complexity index is 996. The summed E-state index contributed by atoms with van der Waals surface area (Å²) in [5.41, 5.74) is 3.61. The molecule has 0 amide bonds. The molecule has 0 bridgehead atoms. The molecule has 1 fully saturated rings. The van der Waals surface area contributed by atoms with Crippen LogP contribution in [0, 0.1) is 0 Å². The molecule has 0 aromatic heterocycles. The molecule has 1 aliphatic heterocycles. The van der Waals surface area contributed by atoms with E-state index in [0.717, 1.165) is 23.6 Å². The summed E-state index contributed by atoms with van der Waals surface area (Å²) in [4.78, 5) is 2.42. The summed E-state index contributed by atoms with van der Waals surface area (Å²) in [6.45, 7) is 7.97. The number of hydrogen-bond acceptors (Lipinski definition) is 4. The van der Waals surface area contributed by atoms with Crippen LogP contribution in [0.25, 0.3) is 6.08 Å². The molecule has 0 saturated carbocycles. The SMILES string of the molecule is CC=Cc1ccc(OCC)c(OCC2CN(C(c3ccccc3)c3ccccc3)C(C)O2)c1. The van der Waals surface area contributed by atoms with Crippen molar-refractivity contribution in [2.24, 2.45) is 0 Å². The quantitative estimate of drug-likeness (QED) is 0.386. The smallest absolute Gasteiger partial charge is 0.161 e. The van der Waals surface area contributed by atoms with Crippen molar-refractivity contribution in [2.45, 2.75) is 39.1 Å². The summed E-state index contributed by atoms with van der Waals surface area (Å²) >= 11 is 0. The zero-order valence-corrected chi connectivity index (χ0v) is 19.7. The Hall–Kier alpha value is -3.08. The van der Waals surface area contributed by atoms with Gasteiger partial charge in [-0.25, -0.2) is 0 Å². The molecule has 172 valence electrons. The van der Waals surface area contributed by atoms with Gasteiger partial charge in [0.15, 0.2) is 11.5 Å². The van der Waals surface area contributed by atoms with E-state index in [-0.39, 0.29) is 18.4 Å². The molecule has 1 saturated heterocycles. The Morgan fingerprint density at radius 1 is 0.939 bits per heavy atom. The molecule has 3 aromatic rings. The number of nitrogens with zero attached hydrogens (tertiary/aromatic N) is 1. The maximum absolute atomic E-state index is 6.34. The van der Waals surface area contributed by atoms with E-state index < -0.39 is 0 Å². The van der Waals surface area contributed by atoms with Crippen molar-refractivity contribution in [2.75, 3.05) is 19.8 Å². The third-order valence-corrected chi connectivity index (χ3v) is 5.88. The fraction of sp³-hybridized carbons (Fsp3) is 0.310. The van der Waals surface area contributed by atoms with Gasteiger partial charge in [-0.3, -0.25) is 4.90 Å². The van der Waals surface area contributed by atoms with Crippen LogP contribution in [0.15, 0.2) is 84.9 Å². The lowest BCUT2D eigenvalue weighted by Gasteiger charge is -2.30. The van der Waals surface area contributed by atoms with Crippen LogP contribution in [-0.4, -0.2) is 37.0 Å². The van der Waals surface area contributed by atoms with Gasteiger partial charge >= 0.3 is 0 Å². The second-order valence-corrected chi connectivity index (χ2v) is 8.23. The molecule has 4 nitrogen and oxygen atoms in total. The van der Waals surface area contributed by atoms with Crippen LogP contribution in [-0.2, 0) is 4.74 Å². The Morgan fingerprint density at radius 3 is 2.21 bits per heavy atom. The van der Waals surface area contributed by atoms with Crippen LogP contribution in [0.2, 0.25) is 0 Å². The lowest BCUT2D eigenvalue weighted by Crippen LogP contribution is -2.33. The minimum atomic E-state index is -0.0326. The number of allylic oxidation sites excluding steroid dienone is 1. The molecule has 1 aliphatic rings. The standard InChI is InChI=1S/C29H33NO3/c1-4-12-23-17-18-27(31-5-2)28(19-23)32-21-26-20-30(22(3)33-26)29(24-13-8-6-9-14-24)25-15-10-7-11-16-25/h4,6-19,22,26,29H,5,20-21H2,1-3H3. The highest BCUT2D eigenvalue weighted by Gasteiger charge is 2.36. The zero-order chi connectivity index (χ0) is 23.0. The van der Waals surface area contributed by atoms with Crippen molar-refractivity contribution in [1.82, 2.24) is 4.90 Å². The molecule has 0 aliphatic carbocycles. The van der Waals surface area contributed by atoms with Crippen LogP contribution in [0.4, 0.5) is 0 Å². The average molecular weight is 444 g/mol. The maximum Gasteiger partial charge on any atom is 0.161 e. The summed E-state index contributed by atoms with van der Waals surface area (Å²) in [5, 5.41) is 0. The molecule has 0 radical (unpaired) electrons. The number of benzene rings is 3. The van der Waals surface area contributed by atoms with Crippen molar-refractivity contribution in [1.29, 1.82) is 0 Å². The third kappa shape index (κ3) is 5.65. The van der Waals surface area contributed by atoms with Crippen molar-refractivity contribution in [3.05, 3.63) is 102 Å². The van der Waals surface area contributed by atoms with Gasteiger partial charge in [0.1, 0.15) is 18.9 Å². The molecule has 2 unspecified atom stereocenters. The Balaban J connectivity index is 1.51. The summed E-state index contributed by atoms with van der Waals surface area (Å²) in [6, 6.07) is 27.4. The second-order valence-electron chi connectivity index (χ2n) is 8.23. The summed E-state index contributed by atoms with van der Waals surface area (Å²) in [6.07, 6.45) is 4.02. The minimum Gasteiger partial charge on any atom is -0.490 e. The predicted octanol–water partition coefficient (Wildman–Crippen LogP) is 6.33. The molecule has 33 heavy (non-hydrogen) atoms. The largest absolute Gasteiger partial charge is 0.490 e. The first kappa shape index (κ1) is 23.1. The van der Waals surface area contributed by atoms with E-state index in [9.17, 15) is 0 Å². The number of hydrogen-bond donors (Lipinski definition) is 0. The van der Waals surface area contributed by atoms with E-state index in [2.05, 4.69) is 78.6 Å². The van der Waals surface area contributed by atoms with Gasteiger partial charge in [0.05, 0.1) is 12.6 Å². The van der Waals surface area contributed by atoms with Crippen molar-refractivity contribution < 1.29 is 14.2 Å². The average Bonchev–Trinajstić information content (AvgIpc) is 3.21. The van der Waals surface area contributed by atoms with E-state index in [4.69, 9.17) is 14.2 Å². The third-order valence-electron chi connectivity index (χ3n) is 5.88. The molecule has 3 aromatic carbocycles. The van der Waals surface area contributed by atoms with Crippen LogP contribution < -0.4 is 9.47 Å². The van der Waals surface area contributed by atoms with Crippen LogP contribution >= 0.6 is 0 Å². The van der Waals surface area contributed by atoms with Crippen LogP contribution in [0.3, 0.4) is 0 Å². The lowest BCUT2D eigenvalue weighted by atomic mass is 9.97. The first-order chi connectivity index (χ1) is 16.2. The van der Waals surface area contributed by atoms with E-state index in [1.54, 1.807) is 0 Å². The van der Waals surface area contributed by atoms with Crippen LogP contribution in [0.5, 0.6) is 11.5 Å². The highest BCUT2D eigenvalue weighted by atomic mass is 16.6. The lowest BCUT2D eigenvalue weighted by molar-refractivity contribution is -0.00957. The van der Waals surface area contributed by atoms with Gasteiger partial charge in [-0.15, -0.1) is 0 Å². The fourth-order valence-corrected chi connectivity index (χ4v) is 4.43. The molecule has 4 rings (SSSR count). The Morgan fingerprint density at radius 2 is 1.61 bits per heavy atom. The van der Waals surface area contributed by atoms with E-state index in [1.807, 2.05) is 38.1 Å². The Labute approximate surface area is 197 Å². The Kier molecular flexibility index (Phi) is 7.82. The summed E-state index contributed by atoms with van der Waals surface area (Å²) in [7, 11) is 0. The highest BCUT2D eigenvalue weighted by Crippen LogP contribution is 2.35. The topological polar surface area (TPSA) is 30.9 Å². The number of rotatable bonds is 9. The zero-order valence-electron chi connectivity index (χ0n) is 19.7. The molecule has 0 N–H and O–H groups in total. The van der Waals surface area contributed by atoms with Gasteiger partial charge in [-0.2, -0.15) is 0 Å². The fourth-order valence-electron chi connectivity index (χ4n) is 4.43. The summed E-state index contributed by atoms with van der Waals surface area (Å²) < 4.78 is 18.4. The van der Waals surface area contributed by atoms with Gasteiger partial charge in [0.25, 0.3) is 0 Å². The minimum absolute atomic E-state index is 0.0234. The van der Waals surface area contributed by atoms with Gasteiger partial charge in [0, 0.05) is 6.54 Å². The van der Waals surface area contributed by atoms with Crippen molar-refractivity contribution in [3.8, 4) is 11.5 Å². The first-order valence-corrected chi connectivity index (χ1v) is 11.7. The molecule has 0 spiro atoms. The van der Waals surface area contributed by atoms with Gasteiger partial charge < -0.3 is 14.2 Å². The molecular weight excluding hydrogens is 410 g/mol. The first-order valence-electron chi connectivity index (χ1n) is 11.7. The van der Waals surface area contributed by atoms with E-state index in [0.29, 0.717) is 13.2 Å². The second kappa shape index (κ2) is 11.2. The maximum atomic E-state index is 6.34. The predicted molar refractivity (Wildman–Crippen MR) is 134 cm³/mol. The van der Waals surface area contributed by atoms with E-state index >= 15 is 0 Å². The molecular formula is C29H33NO3. The van der Waals surface area contributed by atoms with Gasteiger partial charge in [-0.05, 0) is 49.6 Å². The van der Waals surface area contributed by atoms with Gasteiger partial charge in [-0.1, -0.05) is 78.9 Å². The molecule has 1 heterocycles. The van der Waals surface area contributed by atoms with Crippen LogP contribution in [0.1, 0.15) is 43.5 Å².